The summed E-state index contributed by atoms with van der Waals surface area (Å²) in [7, 11) is 3.12. The molecular formula is C39H42N6O6S. The van der Waals surface area contributed by atoms with E-state index >= 15 is 0 Å². The molecule has 52 heavy (non-hydrogen) atoms. The number of esters is 1. The number of tetrazole rings is 1. The van der Waals surface area contributed by atoms with Gasteiger partial charge in [0.2, 0.25) is 5.16 Å². The van der Waals surface area contributed by atoms with Gasteiger partial charge in [-0.2, -0.15) is 0 Å². The minimum Gasteiger partial charge on any atom is -0.467 e. The Morgan fingerprint density at radius 2 is 1.63 bits per heavy atom. The van der Waals surface area contributed by atoms with Crippen LogP contribution >= 0.6 is 11.8 Å². The summed E-state index contributed by atoms with van der Waals surface area (Å²) in [6.45, 7) is 2.34. The Hall–Kier alpha value is -5.08. The molecule has 13 heteroatoms. The number of rotatable bonds is 13. The Kier molecular flexibility index (Phi) is 12.3. The first-order valence-corrected chi connectivity index (χ1v) is 18.0. The number of aryl methyl sites for hydroxylation is 1. The van der Waals surface area contributed by atoms with Crippen molar-refractivity contribution < 1.29 is 28.9 Å². The molecule has 1 aromatic heterocycles. The fourth-order valence-corrected chi connectivity index (χ4v) is 7.17. The van der Waals surface area contributed by atoms with Gasteiger partial charge in [0.25, 0.3) is 0 Å². The number of nitrogens with zero attached hydrogens (tertiary/aromatic N) is 4. The molecule has 1 fully saturated rings. The second-order valence-electron chi connectivity index (χ2n) is 12.6. The van der Waals surface area contributed by atoms with Gasteiger partial charge < -0.3 is 30.0 Å². The van der Waals surface area contributed by atoms with Crippen molar-refractivity contribution in [2.75, 3.05) is 12.9 Å². The third-order valence-corrected chi connectivity index (χ3v) is 10.2. The molecular weight excluding hydrogens is 681 g/mol. The number of aliphatic hydroxyl groups is 1. The minimum atomic E-state index is -0.830. The summed E-state index contributed by atoms with van der Waals surface area (Å²) < 4.78 is 19.8. The molecule has 1 aliphatic heterocycles. The number of carbonyl (C=O) groups is 2. The number of thioether (sulfide) groups is 1. The molecule has 4 aromatic carbocycles. The molecule has 12 nitrogen and oxygen atoms in total. The van der Waals surface area contributed by atoms with Crippen LogP contribution < -0.4 is 10.6 Å². The predicted molar refractivity (Wildman–Crippen MR) is 196 cm³/mol. The van der Waals surface area contributed by atoms with Crippen LogP contribution in [-0.4, -0.2) is 62.3 Å². The van der Waals surface area contributed by atoms with Crippen LogP contribution in [0, 0.1) is 5.92 Å². The fourth-order valence-electron chi connectivity index (χ4n) is 6.16. The number of aromatic nitrogens is 4. The van der Waals surface area contributed by atoms with E-state index in [2.05, 4.69) is 33.1 Å². The van der Waals surface area contributed by atoms with Crippen LogP contribution in [0.5, 0.6) is 0 Å². The molecule has 0 radical (unpaired) electrons. The van der Waals surface area contributed by atoms with E-state index in [1.807, 2.05) is 110 Å². The molecule has 1 aliphatic rings. The normalized spacial score (nSPS) is 19.1. The number of methoxy groups -OCH3 is 1. The zero-order valence-electron chi connectivity index (χ0n) is 29.2. The summed E-state index contributed by atoms with van der Waals surface area (Å²) in [5.41, 5.74) is 6.44. The highest BCUT2D eigenvalue weighted by Crippen LogP contribution is 2.43. The lowest BCUT2D eigenvalue weighted by Gasteiger charge is -2.41. The summed E-state index contributed by atoms with van der Waals surface area (Å²) in [6.07, 6.45) is -0.742. The topological polar surface area (TPSA) is 150 Å². The number of hydrogen-bond donors (Lipinski definition) is 3. The fraction of sp³-hybridized carbons (Fsp3) is 0.308. The van der Waals surface area contributed by atoms with Crippen molar-refractivity contribution in [2.24, 2.45) is 13.0 Å². The van der Waals surface area contributed by atoms with E-state index in [1.165, 1.54) is 18.9 Å². The maximum absolute atomic E-state index is 13.0. The van der Waals surface area contributed by atoms with Crippen LogP contribution in [0.25, 0.3) is 11.1 Å². The third-order valence-electron chi connectivity index (χ3n) is 9.11. The number of nitrogens with one attached hydrogen (secondary N) is 2. The van der Waals surface area contributed by atoms with Gasteiger partial charge in [0.15, 0.2) is 6.29 Å². The highest BCUT2D eigenvalue weighted by molar-refractivity contribution is 7.99. The van der Waals surface area contributed by atoms with Crippen molar-refractivity contribution in [1.82, 2.24) is 30.8 Å². The number of hydrogen-bond acceptors (Lipinski definition) is 10. The Morgan fingerprint density at radius 1 is 0.923 bits per heavy atom. The van der Waals surface area contributed by atoms with E-state index in [9.17, 15) is 14.7 Å². The van der Waals surface area contributed by atoms with Gasteiger partial charge in [0, 0.05) is 37.2 Å². The van der Waals surface area contributed by atoms with Gasteiger partial charge in [-0.25, -0.2) is 14.3 Å². The quantitative estimate of drug-likeness (QED) is 0.105. The molecule has 0 aliphatic carbocycles. The third kappa shape index (κ3) is 9.04. The zero-order chi connectivity index (χ0) is 36.5. The lowest BCUT2D eigenvalue weighted by molar-refractivity contribution is -0.268. The summed E-state index contributed by atoms with van der Waals surface area (Å²) in [5, 5.41) is 27.8. The molecule has 0 spiro atoms. The number of aliphatic hydroxyl groups excluding tert-OH is 1. The molecule has 5 aromatic rings. The van der Waals surface area contributed by atoms with Crippen molar-refractivity contribution in [1.29, 1.82) is 0 Å². The summed E-state index contributed by atoms with van der Waals surface area (Å²) >= 11 is 1.53. The molecule has 2 amide bonds. The summed E-state index contributed by atoms with van der Waals surface area (Å²) in [4.78, 5) is 25.4. The maximum atomic E-state index is 13.0. The van der Waals surface area contributed by atoms with Gasteiger partial charge in [0.05, 0.1) is 25.9 Å². The van der Waals surface area contributed by atoms with Crippen LogP contribution in [0.15, 0.2) is 108 Å². The molecule has 0 saturated carbocycles. The number of amides is 2. The van der Waals surface area contributed by atoms with Crippen LogP contribution in [0.2, 0.25) is 0 Å². The molecule has 3 N–H and O–H groups in total. The first-order valence-electron chi connectivity index (χ1n) is 17.0. The maximum Gasteiger partial charge on any atom is 0.328 e. The van der Waals surface area contributed by atoms with Gasteiger partial charge in [-0.15, -0.1) is 5.10 Å². The van der Waals surface area contributed by atoms with E-state index in [4.69, 9.17) is 14.2 Å². The molecule has 0 unspecified atom stereocenters. The Balaban J connectivity index is 1.15. The van der Waals surface area contributed by atoms with Crippen molar-refractivity contribution in [3.63, 3.8) is 0 Å². The largest absolute Gasteiger partial charge is 0.467 e. The molecule has 270 valence electrons. The predicted octanol–water partition coefficient (Wildman–Crippen LogP) is 5.54. The standard InChI is InChI=1S/C39H42N6O6S/c1-25-34(24-52-39-42-43-44-45(39)2)50-37(51-35(25)29-15-13-27(23-46)14-16-29)30-19-17-28(18-20-30)32-12-8-7-11-31(32)22-40-38(48)41-33(36(47)49-3)21-26-9-5-4-6-10-26/h4-20,25,33-35,37,46H,21-24H2,1-3H3,(H2,40,41,48)/t25-,33-,34+,35+,37+/m0/s1. The molecule has 5 atom stereocenters. The Labute approximate surface area is 306 Å². The highest BCUT2D eigenvalue weighted by Gasteiger charge is 2.38. The second kappa shape index (κ2) is 17.4. The lowest BCUT2D eigenvalue weighted by atomic mass is 9.91. The second-order valence-corrected chi connectivity index (χ2v) is 13.6. The van der Waals surface area contributed by atoms with Crippen LogP contribution in [0.4, 0.5) is 4.79 Å². The van der Waals surface area contributed by atoms with Gasteiger partial charge >= 0.3 is 12.0 Å². The summed E-state index contributed by atoms with van der Waals surface area (Å²) in [5.74, 6) is 0.125. The Bertz CT molecular complexity index is 1920. The Morgan fingerprint density at radius 3 is 2.33 bits per heavy atom. The van der Waals surface area contributed by atoms with Crippen molar-refractivity contribution >= 4 is 23.8 Å². The van der Waals surface area contributed by atoms with Crippen LogP contribution in [0.3, 0.4) is 0 Å². The van der Waals surface area contributed by atoms with E-state index < -0.39 is 24.3 Å². The van der Waals surface area contributed by atoms with Gasteiger partial charge in [-0.1, -0.05) is 122 Å². The zero-order valence-corrected chi connectivity index (χ0v) is 30.0. The van der Waals surface area contributed by atoms with Crippen LogP contribution in [-0.2, 0) is 45.6 Å². The molecule has 2 heterocycles. The monoisotopic (exact) mass is 722 g/mol. The van der Waals surface area contributed by atoms with Crippen molar-refractivity contribution in [2.45, 2.75) is 56.2 Å². The number of urea groups is 1. The number of carbonyl (C=O) groups excluding carboxylic acids is 2. The van der Waals surface area contributed by atoms with Gasteiger partial charge in [-0.05, 0) is 43.8 Å². The highest BCUT2D eigenvalue weighted by atomic mass is 32.2. The van der Waals surface area contributed by atoms with E-state index in [0.717, 1.165) is 38.9 Å². The first kappa shape index (κ1) is 36.7. The van der Waals surface area contributed by atoms with Gasteiger partial charge in [-0.3, -0.25) is 0 Å². The summed E-state index contributed by atoms with van der Waals surface area (Å²) in [6, 6.07) is 31.9. The number of benzene rings is 4. The van der Waals surface area contributed by atoms with Crippen molar-refractivity contribution in [3.8, 4) is 11.1 Å². The van der Waals surface area contributed by atoms with Crippen LogP contribution in [0.1, 0.15) is 47.1 Å². The average Bonchev–Trinajstić information content (AvgIpc) is 3.60. The SMILES string of the molecule is COC(=O)[C@H](Cc1ccccc1)NC(=O)NCc1ccccc1-c1ccc([C@@H]2O[C@H](CSc3nnnn3C)[C@H](C)[C@H](c3ccc(CO)cc3)O2)cc1. The van der Waals surface area contributed by atoms with Gasteiger partial charge in [0.1, 0.15) is 6.04 Å². The van der Waals surface area contributed by atoms with E-state index in [0.29, 0.717) is 17.3 Å². The average molecular weight is 723 g/mol. The molecule has 0 bridgehead atoms. The number of ether oxygens (including phenoxy) is 3. The smallest absolute Gasteiger partial charge is 0.328 e. The van der Waals surface area contributed by atoms with E-state index in [-0.39, 0.29) is 31.3 Å². The molecule has 6 rings (SSSR count). The van der Waals surface area contributed by atoms with Crippen molar-refractivity contribution in [3.05, 3.63) is 131 Å². The van der Waals surface area contributed by atoms with E-state index in [1.54, 1.807) is 4.68 Å². The lowest BCUT2D eigenvalue weighted by Crippen LogP contribution is -2.47. The molecule has 1 saturated heterocycles. The first-order chi connectivity index (χ1) is 25.3. The minimum absolute atomic E-state index is 0.0157.